The topological polar surface area (TPSA) is 96.5 Å². The predicted molar refractivity (Wildman–Crippen MR) is 127 cm³/mol. The van der Waals surface area contributed by atoms with Crippen molar-refractivity contribution in [3.8, 4) is 5.75 Å². The summed E-state index contributed by atoms with van der Waals surface area (Å²) in [6.45, 7) is 1.40. The maximum atomic E-state index is 13.0. The predicted octanol–water partition coefficient (Wildman–Crippen LogP) is 3.76. The zero-order chi connectivity index (χ0) is 23.6. The van der Waals surface area contributed by atoms with E-state index < -0.39 is 12.1 Å². The maximum absolute atomic E-state index is 13.0. The van der Waals surface area contributed by atoms with Crippen LogP contribution in [0.15, 0.2) is 84.9 Å². The third kappa shape index (κ3) is 6.93. The molecule has 2 unspecified atom stereocenters. The Labute approximate surface area is 193 Å². The zero-order valence-corrected chi connectivity index (χ0v) is 18.6. The van der Waals surface area contributed by atoms with Crippen molar-refractivity contribution in [3.05, 3.63) is 96.1 Å². The molecule has 3 rings (SSSR count). The van der Waals surface area contributed by atoms with Gasteiger partial charge in [-0.2, -0.15) is 0 Å². The molecule has 0 saturated heterocycles. The van der Waals surface area contributed by atoms with Crippen molar-refractivity contribution in [2.24, 2.45) is 0 Å². The molecule has 3 aromatic carbocycles. The first-order valence-corrected chi connectivity index (χ1v) is 10.6. The molecule has 3 aromatic rings. The zero-order valence-electron chi connectivity index (χ0n) is 18.6. The average molecular weight is 446 g/mol. The maximum Gasteiger partial charge on any atom is 0.251 e. The summed E-state index contributed by atoms with van der Waals surface area (Å²) in [4.78, 5) is 37.8. The summed E-state index contributed by atoms with van der Waals surface area (Å²) < 4.78 is 5.18. The first-order valence-electron chi connectivity index (χ1n) is 10.6. The van der Waals surface area contributed by atoms with Gasteiger partial charge in [-0.05, 0) is 35.4 Å². The van der Waals surface area contributed by atoms with Crippen molar-refractivity contribution in [1.82, 2.24) is 10.6 Å². The number of carbonyl (C=O) groups excluding carboxylic acids is 3. The molecule has 33 heavy (non-hydrogen) atoms. The number of nitrogens with one attached hydrogen (secondary N) is 3. The van der Waals surface area contributed by atoms with E-state index in [1.807, 2.05) is 36.4 Å². The van der Waals surface area contributed by atoms with E-state index in [9.17, 15) is 14.4 Å². The summed E-state index contributed by atoms with van der Waals surface area (Å²) in [7, 11) is 1.57. The second-order valence-corrected chi connectivity index (χ2v) is 7.50. The summed E-state index contributed by atoms with van der Waals surface area (Å²) in [6, 6.07) is 23.7. The van der Waals surface area contributed by atoms with Gasteiger partial charge in [-0.15, -0.1) is 0 Å². The van der Waals surface area contributed by atoms with Crippen molar-refractivity contribution in [2.75, 3.05) is 12.4 Å². The van der Waals surface area contributed by atoms with Crippen LogP contribution in [0, 0.1) is 0 Å². The quantitative estimate of drug-likeness (QED) is 0.467. The molecule has 0 radical (unpaired) electrons. The molecule has 2 atom stereocenters. The largest absolute Gasteiger partial charge is 0.497 e. The van der Waals surface area contributed by atoms with Gasteiger partial charge in [0.15, 0.2) is 0 Å². The van der Waals surface area contributed by atoms with Crippen molar-refractivity contribution >= 4 is 23.4 Å². The Morgan fingerprint density at radius 2 is 1.39 bits per heavy atom. The van der Waals surface area contributed by atoms with Crippen molar-refractivity contribution in [2.45, 2.75) is 25.4 Å². The molecular weight excluding hydrogens is 418 g/mol. The van der Waals surface area contributed by atoms with E-state index >= 15 is 0 Å². The second kappa shape index (κ2) is 11.5. The van der Waals surface area contributed by atoms with Gasteiger partial charge in [-0.1, -0.05) is 60.7 Å². The highest BCUT2D eigenvalue weighted by Gasteiger charge is 2.25. The van der Waals surface area contributed by atoms with Gasteiger partial charge < -0.3 is 20.7 Å². The lowest BCUT2D eigenvalue weighted by Gasteiger charge is -2.22. The molecule has 0 fully saturated rings. The summed E-state index contributed by atoms with van der Waals surface area (Å²) in [5.74, 6) is -0.320. The van der Waals surface area contributed by atoms with Crippen LogP contribution in [0.5, 0.6) is 5.75 Å². The Morgan fingerprint density at radius 3 is 1.97 bits per heavy atom. The van der Waals surface area contributed by atoms with E-state index in [-0.39, 0.29) is 24.1 Å². The van der Waals surface area contributed by atoms with Crippen LogP contribution in [0.4, 0.5) is 5.69 Å². The molecular formula is C26H27N3O4. The molecule has 3 N–H and O–H groups in total. The molecule has 0 aromatic heterocycles. The Hall–Kier alpha value is -4.13. The van der Waals surface area contributed by atoms with Crippen molar-refractivity contribution < 1.29 is 19.1 Å². The molecule has 170 valence electrons. The number of rotatable bonds is 9. The number of carbonyl (C=O) groups is 3. The second-order valence-electron chi connectivity index (χ2n) is 7.50. The van der Waals surface area contributed by atoms with E-state index in [1.54, 1.807) is 55.6 Å². The van der Waals surface area contributed by atoms with Crippen LogP contribution in [0.2, 0.25) is 0 Å². The monoisotopic (exact) mass is 445 g/mol. The van der Waals surface area contributed by atoms with Crippen LogP contribution in [0.25, 0.3) is 0 Å². The lowest BCUT2D eigenvalue weighted by atomic mass is 10.0. The van der Waals surface area contributed by atoms with Gasteiger partial charge in [-0.25, -0.2) is 0 Å². The standard InChI is InChI=1S/C26H27N3O4/c1-18(30)27-23(19-13-15-22(33-2)16-14-19)17-24(31)29-25(20-9-5-3-6-10-20)26(32)28-21-11-7-4-8-12-21/h3-16,23,25H,17H2,1-2H3,(H,27,30)(H,28,32)(H,29,31). The van der Waals surface area contributed by atoms with E-state index in [4.69, 9.17) is 4.74 Å². The molecule has 0 aliphatic heterocycles. The van der Waals surface area contributed by atoms with Crippen LogP contribution >= 0.6 is 0 Å². The smallest absolute Gasteiger partial charge is 0.251 e. The van der Waals surface area contributed by atoms with Gasteiger partial charge in [0.2, 0.25) is 11.8 Å². The summed E-state index contributed by atoms with van der Waals surface area (Å²) >= 11 is 0. The van der Waals surface area contributed by atoms with Crippen LogP contribution in [-0.4, -0.2) is 24.8 Å². The molecule has 0 saturated carbocycles. The molecule has 3 amide bonds. The van der Waals surface area contributed by atoms with Gasteiger partial charge >= 0.3 is 0 Å². The number of ether oxygens (including phenoxy) is 1. The average Bonchev–Trinajstić information content (AvgIpc) is 2.83. The number of hydrogen-bond donors (Lipinski definition) is 3. The van der Waals surface area contributed by atoms with E-state index in [1.165, 1.54) is 6.92 Å². The molecule has 0 aliphatic rings. The van der Waals surface area contributed by atoms with Gasteiger partial charge in [0, 0.05) is 12.6 Å². The fourth-order valence-electron chi connectivity index (χ4n) is 3.42. The number of para-hydroxylation sites is 1. The van der Waals surface area contributed by atoms with Crippen molar-refractivity contribution in [1.29, 1.82) is 0 Å². The number of amides is 3. The lowest BCUT2D eigenvalue weighted by molar-refractivity contribution is -0.127. The number of methoxy groups -OCH3 is 1. The highest BCUT2D eigenvalue weighted by molar-refractivity contribution is 5.98. The molecule has 0 heterocycles. The minimum Gasteiger partial charge on any atom is -0.497 e. The third-order valence-corrected chi connectivity index (χ3v) is 5.03. The molecule has 0 aliphatic carbocycles. The molecule has 0 bridgehead atoms. The van der Waals surface area contributed by atoms with Gasteiger partial charge in [0.25, 0.3) is 5.91 Å². The fraction of sp³-hybridized carbons (Fsp3) is 0.192. The van der Waals surface area contributed by atoms with E-state index in [0.717, 1.165) is 5.56 Å². The Balaban J connectivity index is 1.77. The minimum atomic E-state index is -0.896. The van der Waals surface area contributed by atoms with E-state index in [2.05, 4.69) is 16.0 Å². The number of hydrogen-bond acceptors (Lipinski definition) is 4. The minimum absolute atomic E-state index is 0.0339. The van der Waals surface area contributed by atoms with Gasteiger partial charge in [-0.3, -0.25) is 14.4 Å². The highest BCUT2D eigenvalue weighted by atomic mass is 16.5. The third-order valence-electron chi connectivity index (χ3n) is 5.03. The SMILES string of the molecule is COc1ccc(C(CC(=O)NC(C(=O)Nc2ccccc2)c2ccccc2)NC(C)=O)cc1. The van der Waals surface area contributed by atoms with Crippen LogP contribution in [0.3, 0.4) is 0 Å². The van der Waals surface area contributed by atoms with E-state index in [0.29, 0.717) is 17.0 Å². The Bertz CT molecular complexity index is 1070. The van der Waals surface area contributed by atoms with Crippen LogP contribution < -0.4 is 20.7 Å². The fourth-order valence-corrected chi connectivity index (χ4v) is 3.42. The summed E-state index contributed by atoms with van der Waals surface area (Å²) in [5.41, 5.74) is 2.04. The van der Waals surface area contributed by atoms with Gasteiger partial charge in [0.05, 0.1) is 19.6 Å². The molecule has 7 nitrogen and oxygen atoms in total. The highest BCUT2D eigenvalue weighted by Crippen LogP contribution is 2.22. The molecule has 7 heteroatoms. The lowest BCUT2D eigenvalue weighted by Crippen LogP contribution is -2.39. The van der Waals surface area contributed by atoms with Crippen molar-refractivity contribution in [3.63, 3.8) is 0 Å². The number of benzene rings is 3. The summed E-state index contributed by atoms with van der Waals surface area (Å²) in [6.07, 6.45) is -0.0339. The summed E-state index contributed by atoms with van der Waals surface area (Å²) in [5, 5.41) is 8.47. The molecule has 0 spiro atoms. The number of anilines is 1. The first-order chi connectivity index (χ1) is 16.0. The normalized spacial score (nSPS) is 12.2. The van der Waals surface area contributed by atoms with Gasteiger partial charge in [0.1, 0.15) is 11.8 Å². The Morgan fingerprint density at radius 1 is 0.788 bits per heavy atom. The van der Waals surface area contributed by atoms with Crippen LogP contribution in [-0.2, 0) is 14.4 Å². The first kappa shape index (κ1) is 23.5. The van der Waals surface area contributed by atoms with Crippen LogP contribution in [0.1, 0.15) is 36.6 Å². The Kier molecular flexibility index (Phi) is 8.18.